The molecule has 23 heavy (non-hydrogen) atoms. The molecule has 122 valence electrons. The topological polar surface area (TPSA) is 30.0 Å². The molecule has 0 radical (unpaired) electrons. The number of carbonyl (C=O) groups excluding carboxylic acids is 1. The van der Waals surface area contributed by atoms with Crippen LogP contribution in [0.4, 0.5) is 4.39 Å². The van der Waals surface area contributed by atoms with E-state index in [2.05, 4.69) is 4.98 Å². The summed E-state index contributed by atoms with van der Waals surface area (Å²) in [6.07, 6.45) is 4.66. The van der Waals surface area contributed by atoms with E-state index in [0.717, 1.165) is 34.2 Å². The first-order valence-electron chi connectivity index (χ1n) is 8.08. The van der Waals surface area contributed by atoms with Crippen LogP contribution in [0, 0.1) is 32.5 Å². The average molecular weight is 313 g/mol. The summed E-state index contributed by atoms with van der Waals surface area (Å²) in [6, 6.07) is 3.51. The number of pyridine rings is 1. The highest BCUT2D eigenvalue weighted by atomic mass is 19.1. The second kappa shape index (κ2) is 7.03. The number of hydrogen-bond acceptors (Lipinski definition) is 2. The van der Waals surface area contributed by atoms with Gasteiger partial charge in [-0.15, -0.1) is 0 Å². The smallest absolute Gasteiger partial charge is 0.140 e. The SMILES string of the molecule is CCC(C)C(=O)Cc1cc(-c2c(C)cncc2C)cc(F)c1C. The Bertz CT molecular complexity index is 716. The van der Waals surface area contributed by atoms with Crippen molar-refractivity contribution in [3.8, 4) is 11.1 Å². The van der Waals surface area contributed by atoms with Crippen molar-refractivity contribution in [2.24, 2.45) is 5.92 Å². The van der Waals surface area contributed by atoms with Gasteiger partial charge in [-0.3, -0.25) is 9.78 Å². The third-order valence-electron chi connectivity index (χ3n) is 4.59. The fraction of sp³-hybridized carbons (Fsp3) is 0.400. The third kappa shape index (κ3) is 3.66. The number of carbonyl (C=O) groups is 1. The van der Waals surface area contributed by atoms with Gasteiger partial charge in [-0.25, -0.2) is 4.39 Å². The molecular weight excluding hydrogens is 289 g/mol. The molecule has 0 aliphatic rings. The molecule has 1 heterocycles. The molecule has 2 aromatic rings. The minimum Gasteiger partial charge on any atom is -0.299 e. The zero-order valence-electron chi connectivity index (χ0n) is 14.5. The summed E-state index contributed by atoms with van der Waals surface area (Å²) in [6.45, 7) is 9.60. The van der Waals surface area contributed by atoms with Crippen LogP contribution in [0.2, 0.25) is 0 Å². The van der Waals surface area contributed by atoms with Crippen molar-refractivity contribution in [3.63, 3.8) is 0 Å². The summed E-state index contributed by atoms with van der Waals surface area (Å²) < 4.78 is 14.4. The largest absolute Gasteiger partial charge is 0.299 e. The molecule has 0 saturated carbocycles. The summed E-state index contributed by atoms with van der Waals surface area (Å²) in [5.74, 6) is -0.0918. The maximum atomic E-state index is 14.4. The van der Waals surface area contributed by atoms with E-state index in [9.17, 15) is 9.18 Å². The lowest BCUT2D eigenvalue weighted by molar-refractivity contribution is -0.121. The molecule has 0 N–H and O–H groups in total. The quantitative estimate of drug-likeness (QED) is 0.780. The van der Waals surface area contributed by atoms with E-state index >= 15 is 0 Å². The van der Waals surface area contributed by atoms with Gasteiger partial charge >= 0.3 is 0 Å². The molecule has 2 nitrogen and oxygen atoms in total. The van der Waals surface area contributed by atoms with Crippen LogP contribution in [0.1, 0.15) is 42.5 Å². The van der Waals surface area contributed by atoms with Crippen molar-refractivity contribution >= 4 is 5.78 Å². The maximum absolute atomic E-state index is 14.4. The van der Waals surface area contributed by atoms with Crippen LogP contribution < -0.4 is 0 Å². The van der Waals surface area contributed by atoms with Gasteiger partial charge in [0.05, 0.1) is 0 Å². The van der Waals surface area contributed by atoms with Crippen LogP contribution in [-0.4, -0.2) is 10.8 Å². The molecule has 3 heteroatoms. The molecule has 0 spiro atoms. The van der Waals surface area contributed by atoms with E-state index < -0.39 is 0 Å². The predicted molar refractivity (Wildman–Crippen MR) is 92.0 cm³/mol. The van der Waals surface area contributed by atoms with E-state index in [1.165, 1.54) is 0 Å². The summed E-state index contributed by atoms with van der Waals surface area (Å²) in [5.41, 5.74) is 5.17. The number of nitrogens with zero attached hydrogens (tertiary/aromatic N) is 1. The fourth-order valence-electron chi connectivity index (χ4n) is 2.81. The lowest BCUT2D eigenvalue weighted by Crippen LogP contribution is -2.14. The van der Waals surface area contributed by atoms with Gasteiger partial charge < -0.3 is 0 Å². The Labute approximate surface area is 137 Å². The molecule has 0 aliphatic heterocycles. The Morgan fingerprint density at radius 1 is 1.17 bits per heavy atom. The van der Waals surface area contributed by atoms with Gasteiger partial charge in [0.25, 0.3) is 0 Å². The lowest BCUT2D eigenvalue weighted by atomic mass is 9.90. The first kappa shape index (κ1) is 17.3. The van der Waals surface area contributed by atoms with Gasteiger partial charge in [-0.1, -0.05) is 19.9 Å². The van der Waals surface area contributed by atoms with Crippen LogP contribution in [0.3, 0.4) is 0 Å². The molecule has 0 saturated heterocycles. The number of Topliss-reactive ketones (excluding diaryl/α,β-unsaturated/α-hetero) is 1. The molecule has 0 amide bonds. The van der Waals surface area contributed by atoms with Gasteiger partial charge in [0.2, 0.25) is 0 Å². The average Bonchev–Trinajstić information content (AvgIpc) is 2.50. The van der Waals surface area contributed by atoms with Crippen molar-refractivity contribution < 1.29 is 9.18 Å². The molecule has 1 aromatic carbocycles. The second-order valence-electron chi connectivity index (χ2n) is 6.34. The first-order valence-corrected chi connectivity index (χ1v) is 8.08. The van der Waals surface area contributed by atoms with E-state index in [1.54, 1.807) is 25.4 Å². The Morgan fingerprint density at radius 2 is 1.78 bits per heavy atom. The van der Waals surface area contributed by atoms with Crippen LogP contribution in [0.15, 0.2) is 24.5 Å². The van der Waals surface area contributed by atoms with Crippen molar-refractivity contribution in [3.05, 3.63) is 52.6 Å². The number of ketones is 1. The van der Waals surface area contributed by atoms with E-state index in [1.807, 2.05) is 33.8 Å². The van der Waals surface area contributed by atoms with Crippen LogP contribution in [-0.2, 0) is 11.2 Å². The number of benzene rings is 1. The lowest BCUT2D eigenvalue weighted by Gasteiger charge is -2.15. The molecular formula is C20H24FNO. The zero-order valence-corrected chi connectivity index (χ0v) is 14.5. The highest BCUT2D eigenvalue weighted by Crippen LogP contribution is 2.30. The van der Waals surface area contributed by atoms with Gasteiger partial charge in [0, 0.05) is 24.7 Å². The standard InChI is InChI=1S/C20H24FNO/c1-6-12(2)19(23)9-16-7-17(8-18(21)15(16)5)20-13(3)10-22-11-14(20)4/h7-8,10-12H,6,9H2,1-5H3. The number of halogens is 1. The Morgan fingerprint density at radius 3 is 2.35 bits per heavy atom. The Balaban J connectivity index is 2.50. The van der Waals surface area contributed by atoms with Crippen molar-refractivity contribution in [2.75, 3.05) is 0 Å². The van der Waals surface area contributed by atoms with Gasteiger partial charge in [-0.05, 0) is 66.6 Å². The zero-order chi connectivity index (χ0) is 17.1. The molecule has 0 aliphatic carbocycles. The van der Waals surface area contributed by atoms with Crippen LogP contribution in [0.5, 0.6) is 0 Å². The van der Waals surface area contributed by atoms with Gasteiger partial charge in [-0.2, -0.15) is 0 Å². The number of aryl methyl sites for hydroxylation is 2. The minimum absolute atomic E-state index is 0.00511. The monoisotopic (exact) mass is 313 g/mol. The maximum Gasteiger partial charge on any atom is 0.140 e. The van der Waals surface area contributed by atoms with Crippen molar-refractivity contribution in [1.29, 1.82) is 0 Å². The summed E-state index contributed by atoms with van der Waals surface area (Å²) in [5, 5.41) is 0. The van der Waals surface area contributed by atoms with E-state index in [4.69, 9.17) is 0 Å². The summed E-state index contributed by atoms with van der Waals surface area (Å²) >= 11 is 0. The molecule has 2 rings (SSSR count). The predicted octanol–water partition coefficient (Wildman–Crippen LogP) is 4.97. The van der Waals surface area contributed by atoms with Crippen molar-refractivity contribution in [2.45, 2.75) is 47.5 Å². The Kier molecular flexibility index (Phi) is 5.30. The minimum atomic E-state index is -0.259. The highest BCUT2D eigenvalue weighted by Gasteiger charge is 2.17. The van der Waals surface area contributed by atoms with Crippen LogP contribution >= 0.6 is 0 Å². The Hall–Kier alpha value is -2.03. The van der Waals surface area contributed by atoms with Gasteiger partial charge in [0.1, 0.15) is 11.6 Å². The molecule has 1 atom stereocenters. The van der Waals surface area contributed by atoms with Crippen molar-refractivity contribution in [1.82, 2.24) is 4.98 Å². The molecule has 1 unspecified atom stereocenters. The molecule has 0 bridgehead atoms. The number of aromatic nitrogens is 1. The first-order chi connectivity index (χ1) is 10.8. The number of hydrogen-bond donors (Lipinski definition) is 0. The second-order valence-corrected chi connectivity index (χ2v) is 6.34. The molecule has 1 aromatic heterocycles. The normalized spacial score (nSPS) is 12.3. The van der Waals surface area contributed by atoms with Gasteiger partial charge in [0.15, 0.2) is 0 Å². The third-order valence-corrected chi connectivity index (χ3v) is 4.59. The summed E-state index contributed by atoms with van der Waals surface area (Å²) in [7, 11) is 0. The molecule has 0 fully saturated rings. The highest BCUT2D eigenvalue weighted by molar-refractivity contribution is 5.84. The van der Waals surface area contributed by atoms with E-state index in [0.29, 0.717) is 5.56 Å². The number of rotatable bonds is 5. The summed E-state index contributed by atoms with van der Waals surface area (Å²) in [4.78, 5) is 16.4. The van der Waals surface area contributed by atoms with E-state index in [-0.39, 0.29) is 23.9 Å². The fourth-order valence-corrected chi connectivity index (χ4v) is 2.81. The van der Waals surface area contributed by atoms with Crippen LogP contribution in [0.25, 0.3) is 11.1 Å².